The first-order valence-corrected chi connectivity index (χ1v) is 6.95. The average Bonchev–Trinajstić information content (AvgIpc) is 2.28. The van der Waals surface area contributed by atoms with Crippen LogP contribution < -0.4 is 0 Å². The fourth-order valence-electron chi connectivity index (χ4n) is 2.18. The Morgan fingerprint density at radius 1 is 1.50 bits per heavy atom. The molecule has 106 valence electrons. The number of hydrogen-bond donors (Lipinski definition) is 2. The second-order valence-corrected chi connectivity index (χ2v) is 5.46. The minimum absolute atomic E-state index is 0.341. The Hall–Kier alpha value is -0.830. The predicted octanol–water partition coefficient (Wildman–Crippen LogP) is 3.62. The number of aliphatic hydroxyl groups is 1. The molecule has 0 fully saturated rings. The lowest BCUT2D eigenvalue weighted by molar-refractivity contribution is -0.134. The van der Waals surface area contributed by atoms with E-state index in [1.807, 2.05) is 0 Å². The van der Waals surface area contributed by atoms with E-state index in [9.17, 15) is 0 Å². The van der Waals surface area contributed by atoms with Gasteiger partial charge in [0.05, 0.1) is 0 Å². The van der Waals surface area contributed by atoms with Crippen molar-refractivity contribution in [3.05, 3.63) is 11.6 Å². The van der Waals surface area contributed by atoms with Crippen LogP contribution in [0.1, 0.15) is 59.3 Å². The first kappa shape index (κ1) is 17.2. The molecule has 0 aliphatic heterocycles. The van der Waals surface area contributed by atoms with Crippen LogP contribution in [-0.2, 0) is 4.79 Å². The van der Waals surface area contributed by atoms with Gasteiger partial charge in [-0.05, 0) is 38.0 Å². The third kappa shape index (κ3) is 10.3. The fourth-order valence-corrected chi connectivity index (χ4v) is 2.18. The summed E-state index contributed by atoms with van der Waals surface area (Å²) in [5, 5.41) is 16.5. The van der Waals surface area contributed by atoms with Gasteiger partial charge in [-0.15, -0.1) is 0 Å². The number of carboxylic acid groups (broad SMARTS) is 1. The van der Waals surface area contributed by atoms with Gasteiger partial charge in [-0.3, -0.25) is 4.79 Å². The molecule has 2 N–H and O–H groups in total. The minimum atomic E-state index is -0.833. The highest BCUT2D eigenvalue weighted by molar-refractivity contribution is 5.62. The first-order valence-electron chi connectivity index (χ1n) is 6.95. The highest BCUT2D eigenvalue weighted by atomic mass is 16.4. The van der Waals surface area contributed by atoms with E-state index in [1.54, 1.807) is 5.57 Å². The van der Waals surface area contributed by atoms with E-state index < -0.39 is 5.97 Å². The van der Waals surface area contributed by atoms with E-state index in [0.29, 0.717) is 12.5 Å². The van der Waals surface area contributed by atoms with Crippen LogP contribution >= 0.6 is 0 Å². The summed E-state index contributed by atoms with van der Waals surface area (Å²) in [6.45, 7) is 5.99. The summed E-state index contributed by atoms with van der Waals surface area (Å²) in [7, 11) is 0. The van der Waals surface area contributed by atoms with E-state index in [-0.39, 0.29) is 0 Å². The van der Waals surface area contributed by atoms with Gasteiger partial charge in [0.1, 0.15) is 0 Å². The summed E-state index contributed by atoms with van der Waals surface area (Å²) in [4.78, 5) is 9.00. The van der Waals surface area contributed by atoms with Crippen LogP contribution in [0.5, 0.6) is 0 Å². The highest BCUT2D eigenvalue weighted by Crippen LogP contribution is 2.26. The van der Waals surface area contributed by atoms with Crippen molar-refractivity contribution in [1.29, 1.82) is 0 Å². The van der Waals surface area contributed by atoms with Gasteiger partial charge in [-0.1, -0.05) is 31.9 Å². The van der Waals surface area contributed by atoms with Crippen molar-refractivity contribution in [2.75, 3.05) is 6.61 Å². The fraction of sp³-hybridized carbons (Fsp3) is 0.800. The third-order valence-corrected chi connectivity index (χ3v) is 3.06. The highest BCUT2D eigenvalue weighted by Gasteiger charge is 2.12. The minimum Gasteiger partial charge on any atom is -0.481 e. The molecule has 1 aliphatic rings. The summed E-state index contributed by atoms with van der Waals surface area (Å²) >= 11 is 0. The van der Waals surface area contributed by atoms with Gasteiger partial charge in [0.15, 0.2) is 0 Å². The molecule has 0 saturated carbocycles. The summed E-state index contributed by atoms with van der Waals surface area (Å²) in [6.07, 6.45) is 9.97. The van der Waals surface area contributed by atoms with Crippen LogP contribution in [0.15, 0.2) is 11.6 Å². The Morgan fingerprint density at radius 2 is 2.11 bits per heavy atom. The van der Waals surface area contributed by atoms with Crippen LogP contribution in [0.25, 0.3) is 0 Å². The first-order chi connectivity index (χ1) is 8.45. The lowest BCUT2D eigenvalue weighted by Gasteiger charge is -2.19. The maximum atomic E-state index is 9.08. The lowest BCUT2D eigenvalue weighted by atomic mass is 9.88. The van der Waals surface area contributed by atoms with Crippen molar-refractivity contribution in [1.82, 2.24) is 0 Å². The van der Waals surface area contributed by atoms with Crippen molar-refractivity contribution < 1.29 is 15.0 Å². The Balaban J connectivity index is 0.000000631. The van der Waals surface area contributed by atoms with Crippen LogP contribution in [0.4, 0.5) is 0 Å². The Kier molecular flexibility index (Phi) is 9.66. The topological polar surface area (TPSA) is 57.5 Å². The second kappa shape index (κ2) is 10.1. The van der Waals surface area contributed by atoms with E-state index in [0.717, 1.165) is 12.8 Å². The van der Waals surface area contributed by atoms with Gasteiger partial charge in [0, 0.05) is 19.4 Å². The van der Waals surface area contributed by atoms with Crippen molar-refractivity contribution in [3.8, 4) is 0 Å². The SMILES string of the molecule is CC(=O)O.CC(C)CCCC1=CC(CO)CCC1. The molecule has 3 heteroatoms. The van der Waals surface area contributed by atoms with Gasteiger partial charge in [0.2, 0.25) is 0 Å². The van der Waals surface area contributed by atoms with Gasteiger partial charge < -0.3 is 10.2 Å². The molecular weight excluding hydrogens is 228 g/mol. The van der Waals surface area contributed by atoms with Gasteiger partial charge in [0.25, 0.3) is 5.97 Å². The van der Waals surface area contributed by atoms with Crippen molar-refractivity contribution in [2.45, 2.75) is 59.3 Å². The second-order valence-electron chi connectivity index (χ2n) is 5.46. The molecule has 1 rings (SSSR count). The average molecular weight is 256 g/mol. The molecule has 0 radical (unpaired) electrons. The number of aliphatic carboxylic acids is 1. The monoisotopic (exact) mass is 256 g/mol. The molecule has 0 aromatic rings. The summed E-state index contributed by atoms with van der Waals surface area (Å²) in [5.74, 6) is 0.450. The molecule has 1 atom stereocenters. The van der Waals surface area contributed by atoms with Gasteiger partial charge >= 0.3 is 0 Å². The molecule has 1 aliphatic carbocycles. The van der Waals surface area contributed by atoms with Crippen LogP contribution in [0, 0.1) is 11.8 Å². The largest absolute Gasteiger partial charge is 0.481 e. The Bertz CT molecular complexity index is 252. The molecule has 1 unspecified atom stereocenters. The van der Waals surface area contributed by atoms with Crippen LogP contribution in [0.2, 0.25) is 0 Å². The van der Waals surface area contributed by atoms with Crippen molar-refractivity contribution >= 4 is 5.97 Å². The van der Waals surface area contributed by atoms with Crippen molar-refractivity contribution in [2.24, 2.45) is 11.8 Å². The maximum Gasteiger partial charge on any atom is 0.300 e. The summed E-state index contributed by atoms with van der Waals surface area (Å²) < 4.78 is 0. The van der Waals surface area contributed by atoms with Crippen molar-refractivity contribution in [3.63, 3.8) is 0 Å². The van der Waals surface area contributed by atoms with E-state index in [2.05, 4.69) is 19.9 Å². The zero-order chi connectivity index (χ0) is 14.0. The number of rotatable bonds is 5. The smallest absolute Gasteiger partial charge is 0.300 e. The molecule has 0 aromatic heterocycles. The Labute approximate surface area is 111 Å². The van der Waals surface area contributed by atoms with Crippen LogP contribution in [-0.4, -0.2) is 22.8 Å². The summed E-state index contributed by atoms with van der Waals surface area (Å²) in [6, 6.07) is 0. The normalized spacial score (nSPS) is 18.9. The number of aliphatic hydroxyl groups excluding tert-OH is 1. The predicted molar refractivity (Wildman–Crippen MR) is 74.5 cm³/mol. The van der Waals surface area contributed by atoms with E-state index in [4.69, 9.17) is 15.0 Å². The number of allylic oxidation sites excluding steroid dienone is 1. The number of carbonyl (C=O) groups is 1. The molecule has 0 bridgehead atoms. The molecule has 0 heterocycles. The number of hydrogen-bond acceptors (Lipinski definition) is 2. The molecular formula is C15H28O3. The van der Waals surface area contributed by atoms with E-state index in [1.165, 1.54) is 38.5 Å². The van der Waals surface area contributed by atoms with Gasteiger partial charge in [-0.25, -0.2) is 0 Å². The summed E-state index contributed by atoms with van der Waals surface area (Å²) in [5.41, 5.74) is 1.59. The lowest BCUT2D eigenvalue weighted by Crippen LogP contribution is -2.08. The third-order valence-electron chi connectivity index (χ3n) is 3.06. The van der Waals surface area contributed by atoms with Crippen LogP contribution in [0.3, 0.4) is 0 Å². The molecule has 3 nitrogen and oxygen atoms in total. The molecule has 18 heavy (non-hydrogen) atoms. The zero-order valence-electron chi connectivity index (χ0n) is 12.0. The quantitative estimate of drug-likeness (QED) is 0.739. The Morgan fingerprint density at radius 3 is 2.61 bits per heavy atom. The maximum absolute atomic E-state index is 9.08. The zero-order valence-corrected chi connectivity index (χ0v) is 12.0. The molecule has 0 amide bonds. The molecule has 0 saturated heterocycles. The van der Waals surface area contributed by atoms with E-state index >= 15 is 0 Å². The van der Waals surface area contributed by atoms with Gasteiger partial charge in [-0.2, -0.15) is 0 Å². The molecule has 0 spiro atoms. The molecule has 0 aromatic carbocycles. The standard InChI is InChI=1S/C13H24O.C2H4O2/c1-11(2)5-3-6-12-7-4-8-13(9-12)10-14;1-2(3)4/h9,11,13-14H,3-8,10H2,1-2H3;1H3,(H,3,4). The number of carboxylic acids is 1.